The molecule has 172 valence electrons. The van der Waals surface area contributed by atoms with E-state index in [1.165, 1.54) is 5.56 Å². The van der Waals surface area contributed by atoms with E-state index in [2.05, 4.69) is 12.1 Å². The van der Waals surface area contributed by atoms with E-state index in [1.54, 1.807) is 0 Å². The minimum Gasteiger partial charge on any atom is -0.481 e. The summed E-state index contributed by atoms with van der Waals surface area (Å²) >= 11 is 0. The Bertz CT molecular complexity index is 611. The maximum absolute atomic E-state index is 10.5. The normalized spacial score (nSPS) is 24.2. The molecule has 0 unspecified atom stereocenters. The zero-order chi connectivity index (χ0) is 20.4. The van der Waals surface area contributed by atoms with E-state index < -0.39 is 24.3 Å². The number of rotatable bonds is 12. The van der Waals surface area contributed by atoms with Crippen molar-refractivity contribution in [1.29, 1.82) is 0 Å². The predicted octanol–water partition coefficient (Wildman–Crippen LogP) is 4.16. The van der Waals surface area contributed by atoms with Gasteiger partial charge in [-0.25, -0.2) is 0 Å². The van der Waals surface area contributed by atoms with Crippen LogP contribution in [0.2, 0.25) is 0 Å². The first-order valence-corrected chi connectivity index (χ1v) is 10.4. The van der Waals surface area contributed by atoms with Crippen molar-refractivity contribution in [2.75, 3.05) is 0 Å². The third kappa shape index (κ3) is 10.3. The molecule has 0 saturated heterocycles. The maximum Gasteiger partial charge on any atom is 0.303 e. The van der Waals surface area contributed by atoms with Gasteiger partial charge in [-0.15, -0.1) is 24.8 Å². The molecule has 0 aromatic heterocycles. The van der Waals surface area contributed by atoms with E-state index >= 15 is 0 Å². The number of carboxylic acid groups (broad SMARTS) is 1. The summed E-state index contributed by atoms with van der Waals surface area (Å²) in [6.45, 7) is 0. The van der Waals surface area contributed by atoms with Crippen LogP contribution in [-0.4, -0.2) is 44.7 Å². The summed E-state index contributed by atoms with van der Waals surface area (Å²) in [6.07, 6.45) is 7.91. The van der Waals surface area contributed by atoms with Crippen molar-refractivity contribution in [3.63, 3.8) is 0 Å². The Hall–Kier alpha value is -1.11. The monoisotopic (exact) mass is 462 g/mol. The lowest BCUT2D eigenvalue weighted by molar-refractivity contribution is -0.137. The molecule has 0 bridgehead atoms. The quantitative estimate of drug-likeness (QED) is 0.276. The lowest BCUT2D eigenvalue weighted by atomic mass is 9.85. The van der Waals surface area contributed by atoms with Gasteiger partial charge in [0.05, 0.1) is 18.3 Å². The van der Waals surface area contributed by atoms with Crippen LogP contribution in [0, 0.1) is 11.8 Å². The van der Waals surface area contributed by atoms with Crippen molar-refractivity contribution in [3.05, 3.63) is 48.0 Å². The number of aliphatic carboxylic acids is 1. The first-order valence-electron chi connectivity index (χ1n) is 10.4. The van der Waals surface area contributed by atoms with Gasteiger partial charge in [0.2, 0.25) is 0 Å². The second kappa shape index (κ2) is 15.7. The number of carboxylic acids is 1. The molecule has 2 rings (SSSR count). The highest BCUT2D eigenvalue weighted by Crippen LogP contribution is 2.38. The van der Waals surface area contributed by atoms with Crippen LogP contribution in [0.4, 0.5) is 0 Å². The molecule has 1 aromatic rings. The molecule has 1 fully saturated rings. The number of allylic oxidation sites excluding steroid dienone is 2. The summed E-state index contributed by atoms with van der Waals surface area (Å²) in [5.41, 5.74) is 1.21. The molecule has 4 N–H and O–H groups in total. The van der Waals surface area contributed by atoms with Gasteiger partial charge in [-0.3, -0.25) is 4.79 Å². The van der Waals surface area contributed by atoms with Crippen molar-refractivity contribution < 1.29 is 25.2 Å². The van der Waals surface area contributed by atoms with Gasteiger partial charge in [-0.1, -0.05) is 42.5 Å². The highest BCUT2D eigenvalue weighted by atomic mass is 35.5. The Morgan fingerprint density at radius 2 is 1.70 bits per heavy atom. The Balaban J connectivity index is 0.00000420. The van der Waals surface area contributed by atoms with Crippen LogP contribution in [0.15, 0.2) is 42.5 Å². The Kier molecular flexibility index (Phi) is 15.1. The lowest BCUT2D eigenvalue weighted by Crippen LogP contribution is -2.23. The number of aliphatic hydroxyl groups is 3. The van der Waals surface area contributed by atoms with Gasteiger partial charge in [-0.05, 0) is 68.8 Å². The molecule has 0 heterocycles. The predicted molar refractivity (Wildman–Crippen MR) is 123 cm³/mol. The van der Waals surface area contributed by atoms with Gasteiger partial charge < -0.3 is 20.4 Å². The fourth-order valence-corrected chi connectivity index (χ4v) is 4.16. The SMILES string of the molecule is Cl.Cl.O=C(O)CCCC=CC[C@@H]1[C@@H](CC[C@@H](O)CCc2ccccc2)[C@H](O)C[C@@H]1O. The smallest absolute Gasteiger partial charge is 0.303 e. The van der Waals surface area contributed by atoms with Gasteiger partial charge in [0.15, 0.2) is 0 Å². The fourth-order valence-electron chi connectivity index (χ4n) is 4.16. The van der Waals surface area contributed by atoms with E-state index in [1.807, 2.05) is 30.4 Å². The van der Waals surface area contributed by atoms with Crippen molar-refractivity contribution in [1.82, 2.24) is 0 Å². The third-order valence-electron chi connectivity index (χ3n) is 5.80. The Morgan fingerprint density at radius 1 is 1.03 bits per heavy atom. The molecular weight excluding hydrogens is 427 g/mol. The average molecular weight is 463 g/mol. The molecule has 0 aliphatic heterocycles. The minimum absolute atomic E-state index is 0. The topological polar surface area (TPSA) is 98.0 Å². The van der Waals surface area contributed by atoms with Crippen molar-refractivity contribution in [3.8, 4) is 0 Å². The van der Waals surface area contributed by atoms with Crippen LogP contribution in [0.1, 0.15) is 56.9 Å². The summed E-state index contributed by atoms with van der Waals surface area (Å²) in [5, 5.41) is 39.6. The zero-order valence-corrected chi connectivity index (χ0v) is 18.9. The molecule has 30 heavy (non-hydrogen) atoms. The van der Waals surface area contributed by atoms with E-state index in [4.69, 9.17) is 5.11 Å². The number of carbonyl (C=O) groups is 1. The molecule has 5 atom stereocenters. The van der Waals surface area contributed by atoms with E-state index in [0.717, 1.165) is 6.42 Å². The third-order valence-corrected chi connectivity index (χ3v) is 5.80. The Labute approximate surface area is 192 Å². The molecule has 0 amide bonds. The van der Waals surface area contributed by atoms with Gasteiger partial charge in [0.25, 0.3) is 0 Å². The number of aryl methyl sites for hydroxylation is 1. The molecule has 5 nitrogen and oxygen atoms in total. The van der Waals surface area contributed by atoms with E-state index in [-0.39, 0.29) is 43.1 Å². The standard InChI is InChI=1S/C23H34O5.2ClH/c24-18(13-12-17-8-4-3-5-9-17)14-15-20-19(21(25)16-22(20)26)10-6-1-2-7-11-23(27)28;;/h1,3-6,8-9,18-22,24-26H,2,7,10-16H2,(H,27,28);2*1H/t18-,19+,20+,21-,22+;;/m0../s1. The van der Waals surface area contributed by atoms with Crippen LogP contribution in [-0.2, 0) is 11.2 Å². The summed E-state index contributed by atoms with van der Waals surface area (Å²) in [7, 11) is 0. The summed E-state index contributed by atoms with van der Waals surface area (Å²) in [4.78, 5) is 10.5. The van der Waals surface area contributed by atoms with Crippen molar-refractivity contribution >= 4 is 30.8 Å². The number of hydrogen-bond acceptors (Lipinski definition) is 4. The van der Waals surface area contributed by atoms with Crippen LogP contribution in [0.5, 0.6) is 0 Å². The van der Waals surface area contributed by atoms with E-state index in [0.29, 0.717) is 44.9 Å². The Morgan fingerprint density at radius 3 is 2.37 bits per heavy atom. The molecular formula is C23H36Cl2O5. The van der Waals surface area contributed by atoms with Gasteiger partial charge >= 0.3 is 5.97 Å². The minimum atomic E-state index is -0.784. The molecule has 7 heteroatoms. The number of unbranched alkanes of at least 4 members (excludes halogenated alkanes) is 1. The van der Waals surface area contributed by atoms with Crippen LogP contribution < -0.4 is 0 Å². The van der Waals surface area contributed by atoms with Crippen LogP contribution in [0.3, 0.4) is 0 Å². The van der Waals surface area contributed by atoms with E-state index in [9.17, 15) is 20.1 Å². The zero-order valence-electron chi connectivity index (χ0n) is 17.3. The van der Waals surface area contributed by atoms with Crippen molar-refractivity contribution in [2.24, 2.45) is 11.8 Å². The van der Waals surface area contributed by atoms with Gasteiger partial charge in [0.1, 0.15) is 0 Å². The molecule has 0 radical (unpaired) electrons. The van der Waals surface area contributed by atoms with Gasteiger partial charge in [-0.2, -0.15) is 0 Å². The van der Waals surface area contributed by atoms with Gasteiger partial charge in [0, 0.05) is 6.42 Å². The second-order valence-corrected chi connectivity index (χ2v) is 7.95. The summed E-state index contributed by atoms with van der Waals surface area (Å²) in [5.74, 6) is -0.800. The number of benzene rings is 1. The molecule has 1 aliphatic rings. The lowest BCUT2D eigenvalue weighted by Gasteiger charge is -2.23. The number of halogens is 2. The van der Waals surface area contributed by atoms with Crippen LogP contribution >= 0.6 is 24.8 Å². The maximum atomic E-state index is 10.5. The molecule has 1 aromatic carbocycles. The first-order chi connectivity index (χ1) is 13.5. The highest BCUT2D eigenvalue weighted by molar-refractivity contribution is 5.85. The highest BCUT2D eigenvalue weighted by Gasteiger charge is 2.40. The largest absolute Gasteiger partial charge is 0.481 e. The first kappa shape index (κ1) is 28.9. The summed E-state index contributed by atoms with van der Waals surface area (Å²) in [6, 6.07) is 10.1. The summed E-state index contributed by atoms with van der Waals surface area (Å²) < 4.78 is 0. The average Bonchev–Trinajstić information content (AvgIpc) is 2.94. The second-order valence-electron chi connectivity index (χ2n) is 7.95. The molecule has 0 spiro atoms. The number of hydrogen-bond donors (Lipinski definition) is 4. The fraction of sp³-hybridized carbons (Fsp3) is 0.609. The van der Waals surface area contributed by atoms with Crippen LogP contribution in [0.25, 0.3) is 0 Å². The van der Waals surface area contributed by atoms with Crippen molar-refractivity contribution in [2.45, 2.75) is 76.1 Å². The number of aliphatic hydroxyl groups excluding tert-OH is 3. The molecule has 1 aliphatic carbocycles. The molecule has 1 saturated carbocycles.